The van der Waals surface area contributed by atoms with Crippen LogP contribution in [-0.2, 0) is 11.3 Å². The molecule has 0 unspecified atom stereocenters. The Morgan fingerprint density at radius 3 is 2.95 bits per heavy atom. The van der Waals surface area contributed by atoms with Crippen LogP contribution in [0.3, 0.4) is 0 Å². The Bertz CT molecular complexity index is 607. The first-order valence-electron chi connectivity index (χ1n) is 7.81. The molecule has 0 aromatic carbocycles. The lowest BCUT2D eigenvalue weighted by Crippen LogP contribution is -2.51. The SMILES string of the molecule is c1ccc(CN2C[C@@H]3OCCN(c4cccnc4)[C@@H]3C2)nc1. The third kappa shape index (κ3) is 2.69. The predicted molar refractivity (Wildman–Crippen MR) is 84.6 cm³/mol. The summed E-state index contributed by atoms with van der Waals surface area (Å²) in [6.45, 7) is 4.59. The van der Waals surface area contributed by atoms with Crippen molar-refractivity contribution in [1.29, 1.82) is 0 Å². The molecule has 114 valence electrons. The number of hydrogen-bond acceptors (Lipinski definition) is 5. The maximum atomic E-state index is 6.00. The number of anilines is 1. The molecule has 22 heavy (non-hydrogen) atoms. The van der Waals surface area contributed by atoms with Gasteiger partial charge in [0, 0.05) is 38.6 Å². The topological polar surface area (TPSA) is 41.5 Å². The summed E-state index contributed by atoms with van der Waals surface area (Å²) in [6.07, 6.45) is 5.90. The summed E-state index contributed by atoms with van der Waals surface area (Å²) in [5.41, 5.74) is 2.31. The highest BCUT2D eigenvalue weighted by Crippen LogP contribution is 2.28. The molecule has 2 aliphatic heterocycles. The van der Waals surface area contributed by atoms with Crippen LogP contribution in [0.4, 0.5) is 5.69 Å². The molecule has 0 bridgehead atoms. The van der Waals surface area contributed by atoms with E-state index in [-0.39, 0.29) is 6.10 Å². The molecule has 4 heterocycles. The first-order chi connectivity index (χ1) is 10.9. The number of rotatable bonds is 3. The third-order valence-corrected chi connectivity index (χ3v) is 4.47. The van der Waals surface area contributed by atoms with Crippen LogP contribution in [0, 0.1) is 0 Å². The van der Waals surface area contributed by atoms with Crippen molar-refractivity contribution in [1.82, 2.24) is 14.9 Å². The van der Waals surface area contributed by atoms with Gasteiger partial charge in [0.15, 0.2) is 0 Å². The van der Waals surface area contributed by atoms with E-state index in [1.165, 1.54) is 5.69 Å². The molecule has 5 heteroatoms. The van der Waals surface area contributed by atoms with Crippen molar-refractivity contribution in [3.8, 4) is 0 Å². The normalized spacial score (nSPS) is 25.2. The fraction of sp³-hybridized carbons (Fsp3) is 0.412. The van der Waals surface area contributed by atoms with Crippen LogP contribution in [-0.4, -0.2) is 53.3 Å². The molecule has 0 amide bonds. The zero-order valence-corrected chi connectivity index (χ0v) is 12.5. The van der Waals surface area contributed by atoms with E-state index in [9.17, 15) is 0 Å². The van der Waals surface area contributed by atoms with Crippen molar-refractivity contribution in [2.75, 3.05) is 31.1 Å². The molecule has 2 aliphatic rings. The Labute approximate surface area is 130 Å². The molecule has 2 aromatic rings. The zero-order valence-electron chi connectivity index (χ0n) is 12.5. The highest BCUT2D eigenvalue weighted by Gasteiger charge is 2.40. The van der Waals surface area contributed by atoms with E-state index in [1.807, 2.05) is 36.8 Å². The van der Waals surface area contributed by atoms with Crippen molar-refractivity contribution >= 4 is 5.69 Å². The van der Waals surface area contributed by atoms with Gasteiger partial charge in [0.2, 0.25) is 0 Å². The Morgan fingerprint density at radius 2 is 2.14 bits per heavy atom. The average Bonchev–Trinajstić information content (AvgIpc) is 2.99. The van der Waals surface area contributed by atoms with Gasteiger partial charge in [-0.2, -0.15) is 0 Å². The van der Waals surface area contributed by atoms with Crippen LogP contribution in [0.2, 0.25) is 0 Å². The molecule has 0 saturated carbocycles. The number of likely N-dealkylation sites (tertiary alicyclic amines) is 1. The Morgan fingerprint density at radius 1 is 1.14 bits per heavy atom. The molecule has 2 fully saturated rings. The number of ether oxygens (including phenoxy) is 1. The molecule has 0 radical (unpaired) electrons. The van der Waals surface area contributed by atoms with Crippen molar-refractivity contribution < 1.29 is 4.74 Å². The fourth-order valence-corrected chi connectivity index (χ4v) is 3.46. The van der Waals surface area contributed by atoms with Gasteiger partial charge in [-0.1, -0.05) is 6.07 Å². The van der Waals surface area contributed by atoms with E-state index < -0.39 is 0 Å². The number of nitrogens with zero attached hydrogens (tertiary/aromatic N) is 4. The first-order valence-corrected chi connectivity index (χ1v) is 7.81. The van der Waals surface area contributed by atoms with Gasteiger partial charge in [-0.15, -0.1) is 0 Å². The van der Waals surface area contributed by atoms with Crippen LogP contribution in [0.25, 0.3) is 0 Å². The highest BCUT2D eigenvalue weighted by atomic mass is 16.5. The lowest BCUT2D eigenvalue weighted by molar-refractivity contribution is 0.0306. The van der Waals surface area contributed by atoms with Crippen LogP contribution in [0.15, 0.2) is 48.9 Å². The monoisotopic (exact) mass is 296 g/mol. The van der Waals surface area contributed by atoms with Crippen molar-refractivity contribution in [3.63, 3.8) is 0 Å². The number of hydrogen-bond donors (Lipinski definition) is 0. The molecular formula is C17H20N4O. The van der Waals surface area contributed by atoms with Gasteiger partial charge < -0.3 is 9.64 Å². The Balaban J connectivity index is 1.49. The standard InChI is InChI=1S/C17H20N4O/c1-2-7-19-14(4-1)11-20-12-16-17(13-20)22-9-8-21(16)15-5-3-6-18-10-15/h1-7,10,16-17H,8-9,11-13H2/t16-,17+/m1/s1. The van der Waals surface area contributed by atoms with E-state index in [0.717, 1.165) is 38.5 Å². The second-order valence-corrected chi connectivity index (χ2v) is 5.90. The number of morpholine rings is 1. The second kappa shape index (κ2) is 6.02. The van der Waals surface area contributed by atoms with Gasteiger partial charge in [-0.25, -0.2) is 0 Å². The Hall–Kier alpha value is -1.98. The number of aromatic nitrogens is 2. The van der Waals surface area contributed by atoms with E-state index in [1.54, 1.807) is 0 Å². The van der Waals surface area contributed by atoms with Crippen LogP contribution in [0.1, 0.15) is 5.69 Å². The molecule has 2 atom stereocenters. The van der Waals surface area contributed by atoms with Gasteiger partial charge in [-0.05, 0) is 24.3 Å². The maximum Gasteiger partial charge on any atom is 0.0918 e. The molecule has 5 nitrogen and oxygen atoms in total. The third-order valence-electron chi connectivity index (χ3n) is 4.47. The van der Waals surface area contributed by atoms with E-state index in [0.29, 0.717) is 6.04 Å². The zero-order chi connectivity index (χ0) is 14.8. The molecular weight excluding hydrogens is 276 g/mol. The summed E-state index contributed by atoms with van der Waals surface area (Å²) in [5, 5.41) is 0. The molecule has 2 saturated heterocycles. The van der Waals surface area contributed by atoms with E-state index in [2.05, 4.69) is 31.9 Å². The molecule has 0 N–H and O–H groups in total. The summed E-state index contributed by atoms with van der Waals surface area (Å²) in [6, 6.07) is 10.6. The van der Waals surface area contributed by atoms with Crippen LogP contribution >= 0.6 is 0 Å². The summed E-state index contributed by atoms with van der Waals surface area (Å²) in [7, 11) is 0. The minimum absolute atomic E-state index is 0.276. The van der Waals surface area contributed by atoms with Crippen LogP contribution in [0.5, 0.6) is 0 Å². The minimum Gasteiger partial charge on any atom is -0.373 e. The van der Waals surface area contributed by atoms with Gasteiger partial charge in [-0.3, -0.25) is 14.9 Å². The lowest BCUT2D eigenvalue weighted by atomic mass is 10.1. The summed E-state index contributed by atoms with van der Waals surface area (Å²) in [4.78, 5) is 13.6. The van der Waals surface area contributed by atoms with E-state index in [4.69, 9.17) is 4.74 Å². The largest absolute Gasteiger partial charge is 0.373 e. The maximum absolute atomic E-state index is 6.00. The quantitative estimate of drug-likeness (QED) is 0.860. The predicted octanol–water partition coefficient (Wildman–Crippen LogP) is 1.57. The number of pyridine rings is 2. The summed E-state index contributed by atoms with van der Waals surface area (Å²) < 4.78 is 6.00. The van der Waals surface area contributed by atoms with Crippen LogP contribution < -0.4 is 4.90 Å². The van der Waals surface area contributed by atoms with Crippen molar-refractivity contribution in [2.45, 2.75) is 18.7 Å². The van der Waals surface area contributed by atoms with Gasteiger partial charge in [0.1, 0.15) is 0 Å². The van der Waals surface area contributed by atoms with Crippen molar-refractivity contribution in [3.05, 3.63) is 54.6 Å². The Kier molecular flexibility index (Phi) is 3.74. The molecule has 0 aliphatic carbocycles. The van der Waals surface area contributed by atoms with Gasteiger partial charge >= 0.3 is 0 Å². The average molecular weight is 296 g/mol. The highest BCUT2D eigenvalue weighted by molar-refractivity contribution is 5.46. The molecule has 4 rings (SSSR count). The van der Waals surface area contributed by atoms with Gasteiger partial charge in [0.25, 0.3) is 0 Å². The smallest absolute Gasteiger partial charge is 0.0918 e. The molecule has 0 spiro atoms. The lowest BCUT2D eigenvalue weighted by Gasteiger charge is -2.38. The van der Waals surface area contributed by atoms with Gasteiger partial charge in [0.05, 0.1) is 36.3 Å². The first kappa shape index (κ1) is 13.7. The summed E-state index contributed by atoms with van der Waals surface area (Å²) >= 11 is 0. The minimum atomic E-state index is 0.276. The fourth-order valence-electron chi connectivity index (χ4n) is 3.46. The summed E-state index contributed by atoms with van der Waals surface area (Å²) in [5.74, 6) is 0. The molecule has 2 aromatic heterocycles. The number of fused-ring (bicyclic) bond motifs is 1. The second-order valence-electron chi connectivity index (χ2n) is 5.90. The van der Waals surface area contributed by atoms with Crippen molar-refractivity contribution in [2.24, 2.45) is 0 Å². The van der Waals surface area contributed by atoms with E-state index >= 15 is 0 Å².